The Morgan fingerprint density at radius 1 is 0.455 bits per heavy atom. The van der Waals surface area contributed by atoms with E-state index in [1.54, 1.807) is 0 Å². The monoisotopic (exact) mass is 296 g/mol. The van der Waals surface area contributed by atoms with E-state index in [2.05, 4.69) is 62.4 Å². The van der Waals surface area contributed by atoms with Gasteiger partial charge in [-0.25, -0.2) is 0 Å². The maximum Gasteiger partial charge on any atom is -0.0105 e. The van der Waals surface area contributed by atoms with Gasteiger partial charge in [-0.1, -0.05) is 101 Å². The van der Waals surface area contributed by atoms with E-state index in [0.717, 1.165) is 0 Å². The van der Waals surface area contributed by atoms with Crippen molar-refractivity contribution in [3.05, 3.63) is 59.7 Å². The van der Waals surface area contributed by atoms with Crippen LogP contribution in [0.1, 0.15) is 52.7 Å². The normalized spacial score (nSPS) is 8.91. The molecule has 0 fully saturated rings. The highest BCUT2D eigenvalue weighted by Gasteiger charge is 2.00. The molecule has 0 aliphatic carbocycles. The zero-order valence-electron chi connectivity index (χ0n) is 15.6. The summed E-state index contributed by atoms with van der Waals surface area (Å²) in [6.07, 6.45) is 0. The Hall–Kier alpha value is -1.82. The summed E-state index contributed by atoms with van der Waals surface area (Å²) in [4.78, 5) is 0. The molecule has 3 aromatic rings. The van der Waals surface area contributed by atoms with Crippen LogP contribution in [0.3, 0.4) is 0 Å². The molecule has 0 aliphatic heterocycles. The molecule has 0 nitrogen and oxygen atoms in total. The lowest BCUT2D eigenvalue weighted by molar-refractivity contribution is 1.50. The second kappa shape index (κ2) is 10.8. The van der Waals surface area contributed by atoms with Crippen molar-refractivity contribution in [3.63, 3.8) is 0 Å². The largest absolute Gasteiger partial charge is 0.0683 e. The number of benzene rings is 3. The zero-order valence-corrected chi connectivity index (χ0v) is 15.6. The fourth-order valence-electron chi connectivity index (χ4n) is 2.31. The summed E-state index contributed by atoms with van der Waals surface area (Å²) in [5.41, 5.74) is 2.64. The molecule has 0 unspecified atom stereocenters. The van der Waals surface area contributed by atoms with Gasteiger partial charge in [0.1, 0.15) is 0 Å². The Labute approximate surface area is 137 Å². The first kappa shape index (κ1) is 20.2. The molecule has 3 aromatic carbocycles. The zero-order chi connectivity index (χ0) is 17.1. The Morgan fingerprint density at radius 3 is 1.09 bits per heavy atom. The molecule has 0 bridgehead atoms. The second-order valence-electron chi connectivity index (χ2n) is 4.51. The lowest BCUT2D eigenvalue weighted by Crippen LogP contribution is -1.80. The maximum absolute atomic E-state index is 2.24. The van der Waals surface area contributed by atoms with E-state index in [4.69, 9.17) is 0 Å². The third-order valence-electron chi connectivity index (χ3n) is 3.15. The molecule has 0 spiro atoms. The molecule has 3 rings (SSSR count). The number of rotatable bonds is 0. The standard InChI is InChI=1S/C16H14.3C2H6/c1-11-3-7-15-13(9-11)5-6-14-10-12(2)4-8-16(14)15;3*1-2/h3-10H,1-2H3;3*1-2H3. The minimum atomic E-state index is 1.32. The average molecular weight is 296 g/mol. The summed E-state index contributed by atoms with van der Waals surface area (Å²) in [5, 5.41) is 5.36. The SMILES string of the molecule is CC.CC.CC.Cc1ccc2c(ccc3cc(C)ccc32)c1. The first-order chi connectivity index (χ1) is 10.7. The number of hydrogen-bond donors (Lipinski definition) is 0. The Bertz CT molecular complexity index is 617. The summed E-state index contributed by atoms with van der Waals surface area (Å²) in [5.74, 6) is 0. The lowest BCUT2D eigenvalue weighted by Gasteiger charge is -2.05. The van der Waals surface area contributed by atoms with Crippen LogP contribution >= 0.6 is 0 Å². The summed E-state index contributed by atoms with van der Waals surface area (Å²) in [6, 6.07) is 17.7. The lowest BCUT2D eigenvalue weighted by atomic mass is 9.99. The summed E-state index contributed by atoms with van der Waals surface area (Å²) in [7, 11) is 0. The number of hydrogen-bond acceptors (Lipinski definition) is 0. The summed E-state index contributed by atoms with van der Waals surface area (Å²) in [6.45, 7) is 16.3. The van der Waals surface area contributed by atoms with Crippen LogP contribution in [0.5, 0.6) is 0 Å². The van der Waals surface area contributed by atoms with Crippen LogP contribution in [0.2, 0.25) is 0 Å². The predicted molar refractivity (Wildman–Crippen MR) is 105 cm³/mol. The molecule has 120 valence electrons. The Balaban J connectivity index is 0.000000661. The highest BCUT2D eigenvalue weighted by molar-refractivity contribution is 6.07. The molecule has 0 aromatic heterocycles. The molecule has 0 atom stereocenters. The topological polar surface area (TPSA) is 0 Å². The van der Waals surface area contributed by atoms with Crippen molar-refractivity contribution >= 4 is 21.5 Å². The van der Waals surface area contributed by atoms with E-state index in [1.807, 2.05) is 41.5 Å². The van der Waals surface area contributed by atoms with E-state index in [-0.39, 0.29) is 0 Å². The first-order valence-corrected chi connectivity index (χ1v) is 8.64. The highest BCUT2D eigenvalue weighted by Crippen LogP contribution is 2.26. The van der Waals surface area contributed by atoms with Gasteiger partial charge in [0, 0.05) is 0 Å². The highest BCUT2D eigenvalue weighted by atomic mass is 14.0. The van der Waals surface area contributed by atoms with Crippen molar-refractivity contribution in [1.29, 1.82) is 0 Å². The van der Waals surface area contributed by atoms with Crippen LogP contribution < -0.4 is 0 Å². The van der Waals surface area contributed by atoms with Gasteiger partial charge in [0.2, 0.25) is 0 Å². The third kappa shape index (κ3) is 4.87. The predicted octanol–water partition coefficient (Wildman–Crippen LogP) is 7.69. The number of aryl methyl sites for hydroxylation is 2. The van der Waals surface area contributed by atoms with E-state index in [1.165, 1.54) is 32.7 Å². The van der Waals surface area contributed by atoms with E-state index < -0.39 is 0 Å². The molecule has 22 heavy (non-hydrogen) atoms. The number of fused-ring (bicyclic) bond motifs is 3. The van der Waals surface area contributed by atoms with Crippen molar-refractivity contribution in [2.75, 3.05) is 0 Å². The molecule has 0 heteroatoms. The van der Waals surface area contributed by atoms with Crippen LogP contribution in [0.25, 0.3) is 21.5 Å². The van der Waals surface area contributed by atoms with E-state index in [0.29, 0.717) is 0 Å². The van der Waals surface area contributed by atoms with E-state index in [9.17, 15) is 0 Å². The van der Waals surface area contributed by atoms with Crippen LogP contribution in [-0.2, 0) is 0 Å². The molecular formula is C22H32. The van der Waals surface area contributed by atoms with Crippen molar-refractivity contribution in [2.45, 2.75) is 55.4 Å². The maximum atomic E-state index is 2.24. The smallest absolute Gasteiger partial charge is 0.0105 e. The second-order valence-corrected chi connectivity index (χ2v) is 4.51. The Morgan fingerprint density at radius 2 is 0.773 bits per heavy atom. The van der Waals surface area contributed by atoms with Crippen molar-refractivity contribution in [2.24, 2.45) is 0 Å². The quantitative estimate of drug-likeness (QED) is 0.373. The molecule has 0 heterocycles. The molecule has 0 saturated heterocycles. The van der Waals surface area contributed by atoms with Gasteiger partial charge in [-0.15, -0.1) is 0 Å². The van der Waals surface area contributed by atoms with Gasteiger partial charge >= 0.3 is 0 Å². The van der Waals surface area contributed by atoms with Crippen LogP contribution in [-0.4, -0.2) is 0 Å². The summed E-state index contributed by atoms with van der Waals surface area (Å²) >= 11 is 0. The molecular weight excluding hydrogens is 264 g/mol. The van der Waals surface area contributed by atoms with Crippen molar-refractivity contribution in [3.8, 4) is 0 Å². The molecule has 0 saturated carbocycles. The van der Waals surface area contributed by atoms with Crippen LogP contribution in [0.4, 0.5) is 0 Å². The van der Waals surface area contributed by atoms with Crippen LogP contribution in [0.15, 0.2) is 48.5 Å². The molecule has 0 amide bonds. The van der Waals surface area contributed by atoms with Crippen molar-refractivity contribution in [1.82, 2.24) is 0 Å². The van der Waals surface area contributed by atoms with Gasteiger partial charge in [0.25, 0.3) is 0 Å². The van der Waals surface area contributed by atoms with Gasteiger partial charge in [0.15, 0.2) is 0 Å². The average Bonchev–Trinajstić information content (AvgIpc) is 2.59. The minimum Gasteiger partial charge on any atom is -0.0683 e. The van der Waals surface area contributed by atoms with Gasteiger partial charge in [0.05, 0.1) is 0 Å². The first-order valence-electron chi connectivity index (χ1n) is 8.64. The fraction of sp³-hybridized carbons (Fsp3) is 0.364. The molecule has 0 radical (unpaired) electrons. The Kier molecular flexibility index (Phi) is 9.95. The van der Waals surface area contributed by atoms with Gasteiger partial charge in [-0.05, 0) is 35.4 Å². The van der Waals surface area contributed by atoms with E-state index >= 15 is 0 Å². The fourth-order valence-corrected chi connectivity index (χ4v) is 2.31. The minimum absolute atomic E-state index is 1.32. The van der Waals surface area contributed by atoms with Gasteiger partial charge in [-0.2, -0.15) is 0 Å². The van der Waals surface area contributed by atoms with Gasteiger partial charge in [-0.3, -0.25) is 0 Å². The molecule has 0 N–H and O–H groups in total. The van der Waals surface area contributed by atoms with Crippen LogP contribution in [0, 0.1) is 13.8 Å². The molecule has 0 aliphatic rings. The van der Waals surface area contributed by atoms with Crippen molar-refractivity contribution < 1.29 is 0 Å². The third-order valence-corrected chi connectivity index (χ3v) is 3.15. The van der Waals surface area contributed by atoms with Gasteiger partial charge < -0.3 is 0 Å². The summed E-state index contributed by atoms with van der Waals surface area (Å²) < 4.78 is 0.